The Kier molecular flexibility index (Phi) is 9.28. The minimum Gasteiger partial charge on any atom is -0.508 e. The molecule has 0 radical (unpaired) electrons. The van der Waals surface area contributed by atoms with Gasteiger partial charge in [0.05, 0.1) is 12.5 Å². The van der Waals surface area contributed by atoms with Crippen LogP contribution >= 0.6 is 12.4 Å². The van der Waals surface area contributed by atoms with Crippen molar-refractivity contribution in [2.24, 2.45) is 0 Å². The number of hydrogen-bond acceptors (Lipinski definition) is 5. The van der Waals surface area contributed by atoms with Gasteiger partial charge in [-0.25, -0.2) is 0 Å². The van der Waals surface area contributed by atoms with E-state index in [2.05, 4.69) is 15.6 Å². The van der Waals surface area contributed by atoms with Gasteiger partial charge in [0.15, 0.2) is 0 Å². The first-order valence-corrected chi connectivity index (χ1v) is 9.56. The number of carbonyl (C=O) groups is 1. The van der Waals surface area contributed by atoms with Crippen LogP contribution in [0.1, 0.15) is 22.9 Å². The van der Waals surface area contributed by atoms with Crippen LogP contribution in [0.2, 0.25) is 0 Å². The minimum atomic E-state index is -0.684. The van der Waals surface area contributed by atoms with Crippen LogP contribution in [0.4, 0.5) is 5.69 Å². The Morgan fingerprint density at radius 3 is 2.60 bits per heavy atom. The van der Waals surface area contributed by atoms with E-state index in [9.17, 15) is 15.0 Å². The molecule has 1 heterocycles. The Morgan fingerprint density at radius 2 is 1.83 bits per heavy atom. The van der Waals surface area contributed by atoms with Crippen molar-refractivity contribution in [2.45, 2.75) is 18.9 Å². The summed E-state index contributed by atoms with van der Waals surface area (Å²) in [5, 5.41) is 25.7. The van der Waals surface area contributed by atoms with E-state index in [1.165, 1.54) is 0 Å². The van der Waals surface area contributed by atoms with Crippen molar-refractivity contribution in [3.63, 3.8) is 0 Å². The van der Waals surface area contributed by atoms with Crippen LogP contribution < -0.4 is 10.6 Å². The quantitative estimate of drug-likeness (QED) is 0.393. The third-order valence-electron chi connectivity index (χ3n) is 4.46. The number of pyridine rings is 1. The van der Waals surface area contributed by atoms with Crippen LogP contribution in [0.3, 0.4) is 0 Å². The summed E-state index contributed by atoms with van der Waals surface area (Å²) in [6.45, 7) is 1.07. The van der Waals surface area contributed by atoms with Gasteiger partial charge in [-0.3, -0.25) is 9.78 Å². The lowest BCUT2D eigenvalue weighted by Crippen LogP contribution is -2.23. The van der Waals surface area contributed by atoms with E-state index in [0.717, 1.165) is 23.4 Å². The van der Waals surface area contributed by atoms with Crippen LogP contribution in [0.25, 0.3) is 0 Å². The number of amides is 1. The zero-order chi connectivity index (χ0) is 20.5. The van der Waals surface area contributed by atoms with Gasteiger partial charge in [-0.05, 0) is 60.5 Å². The van der Waals surface area contributed by atoms with Crippen molar-refractivity contribution in [3.05, 3.63) is 89.7 Å². The van der Waals surface area contributed by atoms with Gasteiger partial charge in [0.25, 0.3) is 0 Å². The maximum atomic E-state index is 12.2. The molecule has 3 aromatic rings. The second-order valence-electron chi connectivity index (χ2n) is 6.81. The number of carbonyl (C=O) groups excluding carboxylic acids is 1. The molecule has 1 atom stereocenters. The fourth-order valence-electron chi connectivity index (χ4n) is 2.99. The molecule has 0 spiro atoms. The number of aliphatic hydroxyl groups is 1. The lowest BCUT2D eigenvalue weighted by atomic mass is 10.1. The molecular weight excluding hydrogens is 402 g/mol. The van der Waals surface area contributed by atoms with Gasteiger partial charge in [0.1, 0.15) is 5.75 Å². The number of phenolic OH excluding ortho intramolecular Hbond substituents is 1. The number of aromatic hydroxyl groups is 1. The molecule has 7 heteroatoms. The number of aliphatic hydroxyl groups excluding tert-OH is 1. The van der Waals surface area contributed by atoms with Crippen LogP contribution in [0.5, 0.6) is 5.75 Å². The lowest BCUT2D eigenvalue weighted by Gasteiger charge is -2.12. The summed E-state index contributed by atoms with van der Waals surface area (Å²) in [6, 6.07) is 19.8. The molecule has 2 aromatic carbocycles. The monoisotopic (exact) mass is 427 g/mol. The number of benzene rings is 2. The summed E-state index contributed by atoms with van der Waals surface area (Å²) in [6.07, 6.45) is 1.99. The Morgan fingerprint density at radius 1 is 1.03 bits per heavy atom. The molecule has 1 unspecified atom stereocenters. The summed E-state index contributed by atoms with van der Waals surface area (Å²) in [5.41, 5.74) is 3.23. The third kappa shape index (κ3) is 7.48. The van der Waals surface area contributed by atoms with Gasteiger partial charge in [0, 0.05) is 24.1 Å². The molecule has 3 rings (SSSR count). The Labute approximate surface area is 182 Å². The maximum Gasteiger partial charge on any atom is 0.230 e. The zero-order valence-corrected chi connectivity index (χ0v) is 17.3. The fraction of sp³-hybridized carbons (Fsp3) is 0.217. The molecule has 6 nitrogen and oxygen atoms in total. The standard InChI is InChI=1S/C23H25N3O3.ClH/c27-21-8-4-5-18(14-21)22(28)16-24-11-9-17-10-12-25-20(13-17)15-23(29)26-19-6-2-1-3-7-19;/h1-8,10,12-14,22,24,27-28H,9,11,15-16H2,(H,26,29);1H. The van der Waals surface area contributed by atoms with Gasteiger partial charge < -0.3 is 20.8 Å². The smallest absolute Gasteiger partial charge is 0.230 e. The van der Waals surface area contributed by atoms with E-state index >= 15 is 0 Å². The molecule has 4 N–H and O–H groups in total. The molecule has 0 bridgehead atoms. The van der Waals surface area contributed by atoms with Crippen molar-refractivity contribution < 1.29 is 15.0 Å². The van der Waals surface area contributed by atoms with Crippen molar-refractivity contribution in [1.82, 2.24) is 10.3 Å². The Balaban J connectivity index is 0.00000320. The van der Waals surface area contributed by atoms with Crippen LogP contribution in [0.15, 0.2) is 72.9 Å². The molecule has 1 amide bonds. The molecule has 0 saturated heterocycles. The van der Waals surface area contributed by atoms with Gasteiger partial charge >= 0.3 is 0 Å². The Bertz CT molecular complexity index is 938. The SMILES string of the molecule is Cl.O=C(Cc1cc(CCNCC(O)c2cccc(O)c2)ccn1)Nc1ccccc1. The van der Waals surface area contributed by atoms with Gasteiger partial charge in [0.2, 0.25) is 5.91 Å². The summed E-state index contributed by atoms with van der Waals surface area (Å²) in [7, 11) is 0. The predicted molar refractivity (Wildman–Crippen MR) is 120 cm³/mol. The third-order valence-corrected chi connectivity index (χ3v) is 4.46. The van der Waals surface area contributed by atoms with Gasteiger partial charge in [-0.15, -0.1) is 12.4 Å². The lowest BCUT2D eigenvalue weighted by molar-refractivity contribution is -0.115. The number of anilines is 1. The largest absolute Gasteiger partial charge is 0.508 e. The summed E-state index contributed by atoms with van der Waals surface area (Å²) in [4.78, 5) is 16.5. The average molecular weight is 428 g/mol. The first-order chi connectivity index (χ1) is 14.1. The number of aromatic nitrogens is 1. The second-order valence-corrected chi connectivity index (χ2v) is 6.81. The number of hydrogen-bond donors (Lipinski definition) is 4. The first kappa shape index (κ1) is 23.3. The average Bonchev–Trinajstić information content (AvgIpc) is 2.72. The van der Waals surface area contributed by atoms with E-state index in [4.69, 9.17) is 0 Å². The van der Waals surface area contributed by atoms with Crippen molar-refractivity contribution in [3.8, 4) is 5.75 Å². The highest BCUT2D eigenvalue weighted by Gasteiger charge is 2.08. The summed E-state index contributed by atoms with van der Waals surface area (Å²) >= 11 is 0. The van der Waals surface area contributed by atoms with Crippen LogP contribution in [-0.4, -0.2) is 34.2 Å². The molecule has 0 aliphatic rings. The van der Waals surface area contributed by atoms with E-state index in [0.29, 0.717) is 18.7 Å². The van der Waals surface area contributed by atoms with E-state index in [-0.39, 0.29) is 30.5 Å². The topological polar surface area (TPSA) is 94.5 Å². The number of halogens is 1. The maximum absolute atomic E-state index is 12.2. The molecule has 0 fully saturated rings. The fourth-order valence-corrected chi connectivity index (χ4v) is 2.99. The molecule has 1 aromatic heterocycles. The highest BCUT2D eigenvalue weighted by atomic mass is 35.5. The summed E-state index contributed by atoms with van der Waals surface area (Å²) < 4.78 is 0. The number of para-hydroxylation sites is 1. The Hall–Kier alpha value is -2.93. The first-order valence-electron chi connectivity index (χ1n) is 9.56. The molecule has 0 aliphatic carbocycles. The number of nitrogens with zero attached hydrogens (tertiary/aromatic N) is 1. The molecular formula is C23H26ClN3O3. The van der Waals surface area contributed by atoms with E-state index < -0.39 is 6.10 Å². The normalized spacial score (nSPS) is 11.4. The molecule has 158 valence electrons. The number of rotatable bonds is 9. The zero-order valence-electron chi connectivity index (χ0n) is 16.5. The number of phenols is 1. The highest BCUT2D eigenvalue weighted by molar-refractivity contribution is 5.91. The van der Waals surface area contributed by atoms with Crippen LogP contribution in [-0.2, 0) is 17.6 Å². The molecule has 0 saturated carbocycles. The highest BCUT2D eigenvalue weighted by Crippen LogP contribution is 2.17. The van der Waals surface area contributed by atoms with Gasteiger partial charge in [-0.2, -0.15) is 0 Å². The van der Waals surface area contributed by atoms with Crippen LogP contribution in [0, 0.1) is 0 Å². The summed E-state index contributed by atoms with van der Waals surface area (Å²) in [5.74, 6) is 0.0374. The van der Waals surface area contributed by atoms with E-state index in [1.54, 1.807) is 30.5 Å². The van der Waals surface area contributed by atoms with Crippen molar-refractivity contribution >= 4 is 24.0 Å². The minimum absolute atomic E-state index is 0. The van der Waals surface area contributed by atoms with E-state index in [1.807, 2.05) is 42.5 Å². The molecule has 0 aliphatic heterocycles. The van der Waals surface area contributed by atoms with Crippen molar-refractivity contribution in [2.75, 3.05) is 18.4 Å². The second kappa shape index (κ2) is 11.9. The molecule has 30 heavy (non-hydrogen) atoms. The van der Waals surface area contributed by atoms with Crippen molar-refractivity contribution in [1.29, 1.82) is 0 Å². The van der Waals surface area contributed by atoms with Gasteiger partial charge in [-0.1, -0.05) is 30.3 Å². The number of nitrogens with one attached hydrogen (secondary N) is 2. The predicted octanol–water partition coefficient (Wildman–Crippen LogP) is 3.26.